The van der Waals surface area contributed by atoms with Crippen molar-refractivity contribution in [2.75, 3.05) is 5.32 Å². The van der Waals surface area contributed by atoms with Gasteiger partial charge in [-0.25, -0.2) is 4.98 Å². The highest BCUT2D eigenvalue weighted by molar-refractivity contribution is 9.10. The number of amides is 1. The van der Waals surface area contributed by atoms with Crippen LogP contribution in [0.5, 0.6) is 0 Å². The van der Waals surface area contributed by atoms with Gasteiger partial charge in [-0.15, -0.1) is 11.3 Å². The summed E-state index contributed by atoms with van der Waals surface area (Å²) in [6.07, 6.45) is 2.14. The molecule has 0 spiro atoms. The number of ketones is 1. The summed E-state index contributed by atoms with van der Waals surface area (Å²) in [6.45, 7) is 2.11. The fourth-order valence-electron chi connectivity index (χ4n) is 2.82. The lowest BCUT2D eigenvalue weighted by Gasteiger charge is -2.02. The summed E-state index contributed by atoms with van der Waals surface area (Å²) in [5.41, 5.74) is 2.44. The topological polar surface area (TPSA) is 59.1 Å². The molecule has 1 amide bonds. The Morgan fingerprint density at radius 1 is 1.07 bits per heavy atom. The van der Waals surface area contributed by atoms with Crippen LogP contribution >= 0.6 is 38.9 Å². The van der Waals surface area contributed by atoms with Crippen molar-refractivity contribution in [1.82, 2.24) is 4.98 Å². The Kier molecular flexibility index (Phi) is 7.58. The van der Waals surface area contributed by atoms with Gasteiger partial charge in [0.25, 0.3) is 0 Å². The van der Waals surface area contributed by atoms with Gasteiger partial charge in [-0.05, 0) is 30.7 Å². The van der Waals surface area contributed by atoms with Crippen LogP contribution in [0.4, 0.5) is 5.13 Å². The fraction of sp³-hybridized carbons (Fsp3) is 0.227. The second-order valence-electron chi connectivity index (χ2n) is 6.53. The number of benzene rings is 2. The van der Waals surface area contributed by atoms with Crippen LogP contribution in [0.25, 0.3) is 11.3 Å². The Bertz CT molecular complexity index is 1000. The van der Waals surface area contributed by atoms with Crippen LogP contribution in [-0.4, -0.2) is 16.7 Å². The molecule has 0 bridgehead atoms. The van der Waals surface area contributed by atoms with Gasteiger partial charge in [-0.1, -0.05) is 65.1 Å². The maximum absolute atomic E-state index is 12.3. The Morgan fingerprint density at radius 2 is 1.76 bits per heavy atom. The molecule has 1 heterocycles. The zero-order valence-corrected chi connectivity index (χ0v) is 19.0. The van der Waals surface area contributed by atoms with Crippen molar-refractivity contribution in [3.63, 3.8) is 0 Å². The Balaban J connectivity index is 1.65. The van der Waals surface area contributed by atoms with Crippen molar-refractivity contribution >= 4 is 55.7 Å². The quantitative estimate of drug-likeness (QED) is 0.353. The molecule has 0 radical (unpaired) electrons. The van der Waals surface area contributed by atoms with Crippen molar-refractivity contribution in [2.45, 2.75) is 32.6 Å². The van der Waals surface area contributed by atoms with Gasteiger partial charge >= 0.3 is 0 Å². The molecule has 29 heavy (non-hydrogen) atoms. The highest BCUT2D eigenvalue weighted by Gasteiger charge is 2.15. The Morgan fingerprint density at radius 3 is 2.41 bits per heavy atom. The maximum atomic E-state index is 12.3. The molecule has 3 aromatic rings. The van der Waals surface area contributed by atoms with Crippen LogP contribution in [0.15, 0.2) is 53.0 Å². The highest BCUT2D eigenvalue weighted by Crippen LogP contribution is 2.33. The maximum Gasteiger partial charge on any atom is 0.226 e. The monoisotopic (exact) mass is 490 g/mol. The summed E-state index contributed by atoms with van der Waals surface area (Å²) in [6, 6.07) is 14.7. The lowest BCUT2D eigenvalue weighted by atomic mass is 10.1. The minimum absolute atomic E-state index is 0.0553. The number of aryl methyl sites for hydroxylation is 1. The molecule has 0 aliphatic carbocycles. The molecular weight excluding hydrogens is 472 g/mol. The summed E-state index contributed by atoms with van der Waals surface area (Å²) in [7, 11) is 0. The number of rotatable bonds is 8. The van der Waals surface area contributed by atoms with Crippen LogP contribution in [0, 0.1) is 0 Å². The predicted octanol–water partition coefficient (Wildman–Crippen LogP) is 6.78. The van der Waals surface area contributed by atoms with Gasteiger partial charge in [0, 0.05) is 38.3 Å². The molecule has 1 aromatic heterocycles. The first-order chi connectivity index (χ1) is 14.0. The number of hydrogen-bond donors (Lipinski definition) is 1. The smallest absolute Gasteiger partial charge is 0.226 e. The third kappa shape index (κ3) is 5.98. The normalized spacial score (nSPS) is 10.7. The van der Waals surface area contributed by atoms with E-state index in [1.165, 1.54) is 11.3 Å². The molecule has 0 aliphatic rings. The molecule has 1 N–H and O–H groups in total. The summed E-state index contributed by atoms with van der Waals surface area (Å²) in [5, 5.41) is 4.07. The van der Waals surface area contributed by atoms with Crippen LogP contribution in [0.1, 0.15) is 41.4 Å². The zero-order valence-electron chi connectivity index (χ0n) is 15.9. The van der Waals surface area contributed by atoms with Crippen LogP contribution in [0.3, 0.4) is 0 Å². The van der Waals surface area contributed by atoms with Crippen molar-refractivity contribution < 1.29 is 9.59 Å². The number of Topliss-reactive ketones (excluding diaryl/α,β-unsaturated/α-hetero) is 1. The van der Waals surface area contributed by atoms with Gasteiger partial charge in [0.2, 0.25) is 5.91 Å². The average Bonchev–Trinajstić information content (AvgIpc) is 3.09. The first-order valence-corrected chi connectivity index (χ1v) is 11.3. The number of aromatic nitrogens is 1. The summed E-state index contributed by atoms with van der Waals surface area (Å²) >= 11 is 10.8. The fourth-order valence-corrected chi connectivity index (χ4v) is 4.32. The molecule has 7 heteroatoms. The molecular formula is C22H20BrClN2O2S. The molecule has 0 saturated carbocycles. The summed E-state index contributed by atoms with van der Waals surface area (Å²) in [4.78, 5) is 30.3. The van der Waals surface area contributed by atoms with E-state index in [0.29, 0.717) is 15.7 Å². The first-order valence-electron chi connectivity index (χ1n) is 9.30. The molecule has 0 saturated heterocycles. The number of nitrogens with zero attached hydrogens (tertiary/aromatic N) is 1. The van der Waals surface area contributed by atoms with Gasteiger partial charge in [0.15, 0.2) is 10.9 Å². The van der Waals surface area contributed by atoms with E-state index in [1.807, 2.05) is 36.4 Å². The van der Waals surface area contributed by atoms with E-state index >= 15 is 0 Å². The van der Waals surface area contributed by atoms with Crippen LogP contribution < -0.4 is 5.32 Å². The minimum atomic E-state index is -0.213. The van der Waals surface area contributed by atoms with Crippen molar-refractivity contribution in [3.05, 3.63) is 68.5 Å². The second-order valence-corrected chi connectivity index (χ2v) is 8.96. The third-order valence-electron chi connectivity index (χ3n) is 4.28. The summed E-state index contributed by atoms with van der Waals surface area (Å²) < 4.78 is 0.912. The highest BCUT2D eigenvalue weighted by atomic mass is 79.9. The van der Waals surface area contributed by atoms with E-state index in [4.69, 9.17) is 11.6 Å². The SMILES string of the molecule is CCCc1sc(NC(=O)CCC(=O)c2ccc(Br)cc2)nc1-c1ccc(Cl)cc1. The lowest BCUT2D eigenvalue weighted by Crippen LogP contribution is -2.13. The van der Waals surface area contributed by atoms with Gasteiger partial charge in [0.1, 0.15) is 0 Å². The zero-order chi connectivity index (χ0) is 20.8. The van der Waals surface area contributed by atoms with E-state index in [1.54, 1.807) is 12.1 Å². The van der Waals surface area contributed by atoms with E-state index in [9.17, 15) is 9.59 Å². The Hall–Kier alpha value is -2.02. The number of halogens is 2. The van der Waals surface area contributed by atoms with Gasteiger partial charge in [-0.3, -0.25) is 9.59 Å². The minimum Gasteiger partial charge on any atom is -0.302 e. The van der Waals surface area contributed by atoms with Gasteiger partial charge in [0.05, 0.1) is 5.69 Å². The second kappa shape index (κ2) is 10.1. The number of thiazole rings is 1. The largest absolute Gasteiger partial charge is 0.302 e. The van der Waals surface area contributed by atoms with Crippen molar-refractivity contribution in [1.29, 1.82) is 0 Å². The standard InChI is InChI=1S/C22H20BrClN2O2S/c1-2-3-19-21(15-6-10-17(24)11-7-15)26-22(29-19)25-20(28)13-12-18(27)14-4-8-16(23)9-5-14/h4-11H,2-3,12-13H2,1H3,(H,25,26,28). The number of hydrogen-bond acceptors (Lipinski definition) is 4. The molecule has 150 valence electrons. The Labute approximate surface area is 187 Å². The molecule has 4 nitrogen and oxygen atoms in total. The molecule has 3 rings (SSSR count). The third-order valence-corrected chi connectivity index (χ3v) is 6.09. The number of anilines is 1. The first kappa shape index (κ1) is 21.7. The van der Waals surface area contributed by atoms with Gasteiger partial charge in [-0.2, -0.15) is 0 Å². The number of carbonyl (C=O) groups excluding carboxylic acids is 2. The van der Waals surface area contributed by atoms with Gasteiger partial charge < -0.3 is 5.32 Å². The van der Waals surface area contributed by atoms with E-state index in [0.717, 1.165) is 33.4 Å². The molecule has 0 fully saturated rings. The van der Waals surface area contributed by atoms with E-state index < -0.39 is 0 Å². The van der Waals surface area contributed by atoms with Crippen molar-refractivity contribution in [2.24, 2.45) is 0 Å². The summed E-state index contributed by atoms with van der Waals surface area (Å²) in [5.74, 6) is -0.268. The lowest BCUT2D eigenvalue weighted by molar-refractivity contribution is -0.116. The van der Waals surface area contributed by atoms with Crippen LogP contribution in [0.2, 0.25) is 5.02 Å². The van der Waals surface area contributed by atoms with Crippen LogP contribution in [-0.2, 0) is 11.2 Å². The number of carbonyl (C=O) groups is 2. The molecule has 0 unspecified atom stereocenters. The average molecular weight is 492 g/mol. The molecule has 2 aromatic carbocycles. The van der Waals surface area contributed by atoms with E-state index in [2.05, 4.69) is 33.2 Å². The molecule has 0 aliphatic heterocycles. The molecule has 0 atom stereocenters. The number of nitrogens with one attached hydrogen (secondary N) is 1. The predicted molar refractivity (Wildman–Crippen MR) is 123 cm³/mol. The van der Waals surface area contributed by atoms with Crippen molar-refractivity contribution in [3.8, 4) is 11.3 Å². The van der Waals surface area contributed by atoms with E-state index in [-0.39, 0.29) is 24.5 Å².